The zero-order valence-electron chi connectivity index (χ0n) is 11.4. The maximum atomic E-state index is 6.38. The normalized spacial score (nSPS) is 30.2. The number of benzene rings is 1. The predicted molar refractivity (Wildman–Crippen MR) is 82.4 cm³/mol. The van der Waals surface area contributed by atoms with Crippen molar-refractivity contribution in [3.8, 4) is 0 Å². The Hall–Kier alpha value is -1.26. The van der Waals surface area contributed by atoms with E-state index in [4.69, 9.17) is 17.3 Å². The lowest BCUT2D eigenvalue weighted by atomic mass is 9.97. The van der Waals surface area contributed by atoms with Crippen LogP contribution in [0.3, 0.4) is 0 Å². The van der Waals surface area contributed by atoms with Gasteiger partial charge in [-0.15, -0.1) is 0 Å². The summed E-state index contributed by atoms with van der Waals surface area (Å²) in [5.41, 5.74) is 7.17. The van der Waals surface area contributed by atoms with Gasteiger partial charge in [0.15, 0.2) is 5.96 Å². The monoisotopic (exact) mass is 290 g/mol. The first-order chi connectivity index (χ1) is 9.70. The fourth-order valence-electron chi connectivity index (χ4n) is 3.58. The van der Waals surface area contributed by atoms with Crippen molar-refractivity contribution in [3.05, 3.63) is 29.3 Å². The third-order valence-corrected chi connectivity index (χ3v) is 5.08. The number of anilines is 1. The maximum Gasteiger partial charge on any atom is 0.196 e. The van der Waals surface area contributed by atoms with E-state index in [1.807, 2.05) is 24.3 Å². The molecule has 20 heavy (non-hydrogen) atoms. The summed E-state index contributed by atoms with van der Waals surface area (Å²) in [6, 6.07) is 8.71. The zero-order valence-corrected chi connectivity index (χ0v) is 12.2. The Bertz CT molecular complexity index is 569. The lowest BCUT2D eigenvalue weighted by Gasteiger charge is -2.36. The highest BCUT2D eigenvalue weighted by atomic mass is 35.5. The van der Waals surface area contributed by atoms with E-state index in [-0.39, 0.29) is 5.54 Å². The molecule has 1 aliphatic carbocycles. The number of aliphatic imine (C=N–C) groups is 1. The number of halogens is 1. The Morgan fingerprint density at radius 3 is 2.85 bits per heavy atom. The highest BCUT2D eigenvalue weighted by Crippen LogP contribution is 2.42. The van der Waals surface area contributed by atoms with Gasteiger partial charge in [0.1, 0.15) is 0 Å². The van der Waals surface area contributed by atoms with Crippen molar-refractivity contribution in [1.82, 2.24) is 4.90 Å². The molecule has 0 aromatic heterocycles. The third kappa shape index (κ3) is 1.82. The summed E-state index contributed by atoms with van der Waals surface area (Å²) in [6.07, 6.45) is 3.80. The number of rotatable bonds is 2. The predicted octanol–water partition coefficient (Wildman–Crippen LogP) is 2.08. The smallest absolute Gasteiger partial charge is 0.196 e. The standard InChI is InChI=1S/C15H19ClN4/c16-12-3-1-2-4-13(12)20-14(17)18-9-15(20)7-8-19(10-15)11-5-6-11/h1-4,11H,5-10H2,(H2,17,18). The van der Waals surface area contributed by atoms with Crippen LogP contribution in [0.25, 0.3) is 0 Å². The highest BCUT2D eigenvalue weighted by Gasteiger charge is 2.50. The lowest BCUT2D eigenvalue weighted by Crippen LogP contribution is -2.54. The van der Waals surface area contributed by atoms with Gasteiger partial charge in [-0.25, -0.2) is 0 Å². The summed E-state index contributed by atoms with van der Waals surface area (Å²) < 4.78 is 0. The van der Waals surface area contributed by atoms with Crippen molar-refractivity contribution < 1.29 is 0 Å². The molecule has 2 fully saturated rings. The third-order valence-electron chi connectivity index (χ3n) is 4.76. The van der Waals surface area contributed by atoms with Gasteiger partial charge in [-0.1, -0.05) is 23.7 Å². The van der Waals surface area contributed by atoms with Gasteiger partial charge in [-0.05, 0) is 31.4 Å². The molecule has 1 aromatic rings. The number of guanidine groups is 1. The van der Waals surface area contributed by atoms with Crippen LogP contribution < -0.4 is 10.6 Å². The Labute approximate surface area is 124 Å². The van der Waals surface area contributed by atoms with Gasteiger partial charge >= 0.3 is 0 Å². The van der Waals surface area contributed by atoms with Crippen molar-refractivity contribution in [2.24, 2.45) is 10.7 Å². The van der Waals surface area contributed by atoms with Crippen molar-refractivity contribution >= 4 is 23.2 Å². The number of hydrogen-bond donors (Lipinski definition) is 1. The summed E-state index contributed by atoms with van der Waals surface area (Å²) in [4.78, 5) is 9.29. The second kappa shape index (κ2) is 4.37. The SMILES string of the molecule is NC1=NCC2(CCN(C3CC3)C2)N1c1ccccc1Cl. The van der Waals surface area contributed by atoms with Gasteiger partial charge in [0.05, 0.1) is 22.8 Å². The number of nitrogens with two attached hydrogens (primary N) is 1. The molecule has 1 unspecified atom stereocenters. The topological polar surface area (TPSA) is 44.9 Å². The minimum absolute atomic E-state index is 0.0116. The van der Waals surface area contributed by atoms with Gasteiger partial charge in [0.2, 0.25) is 0 Å². The summed E-state index contributed by atoms with van der Waals surface area (Å²) in [5.74, 6) is 0.607. The fraction of sp³-hybridized carbons (Fsp3) is 0.533. The van der Waals surface area contributed by atoms with Crippen LogP contribution in [0, 0.1) is 0 Å². The Balaban J connectivity index is 1.69. The van der Waals surface area contributed by atoms with Crippen LogP contribution in [0.1, 0.15) is 19.3 Å². The van der Waals surface area contributed by atoms with E-state index >= 15 is 0 Å². The molecule has 4 nitrogen and oxygen atoms in total. The van der Waals surface area contributed by atoms with Crippen LogP contribution >= 0.6 is 11.6 Å². The molecule has 2 heterocycles. The van der Waals surface area contributed by atoms with Crippen LogP contribution in [-0.2, 0) is 0 Å². The molecule has 0 bridgehead atoms. The fourth-order valence-corrected chi connectivity index (χ4v) is 3.80. The van der Waals surface area contributed by atoms with E-state index in [2.05, 4.69) is 14.8 Å². The maximum absolute atomic E-state index is 6.38. The van der Waals surface area contributed by atoms with E-state index in [1.54, 1.807) is 0 Å². The van der Waals surface area contributed by atoms with E-state index in [0.717, 1.165) is 42.8 Å². The molecule has 1 atom stereocenters. The molecule has 0 amide bonds. The van der Waals surface area contributed by atoms with E-state index in [0.29, 0.717) is 5.96 Å². The molecule has 1 saturated carbocycles. The Morgan fingerprint density at radius 2 is 2.10 bits per heavy atom. The van der Waals surface area contributed by atoms with E-state index in [1.165, 1.54) is 12.8 Å². The van der Waals surface area contributed by atoms with Crippen LogP contribution in [0.2, 0.25) is 5.02 Å². The van der Waals surface area contributed by atoms with Crippen LogP contribution in [0.15, 0.2) is 29.3 Å². The molecule has 3 aliphatic rings. The molecule has 1 saturated heterocycles. The molecule has 5 heteroatoms. The van der Waals surface area contributed by atoms with Gasteiger partial charge in [-0.3, -0.25) is 9.89 Å². The van der Waals surface area contributed by atoms with Crippen LogP contribution in [0.4, 0.5) is 5.69 Å². The van der Waals surface area contributed by atoms with Crippen LogP contribution in [0.5, 0.6) is 0 Å². The number of likely N-dealkylation sites (tertiary alicyclic amines) is 1. The van der Waals surface area contributed by atoms with Gasteiger partial charge in [-0.2, -0.15) is 0 Å². The Kier molecular flexibility index (Phi) is 2.72. The quantitative estimate of drug-likeness (QED) is 0.907. The van der Waals surface area contributed by atoms with Crippen molar-refractivity contribution in [2.45, 2.75) is 30.8 Å². The average Bonchev–Trinajstić information content (AvgIpc) is 3.14. The van der Waals surface area contributed by atoms with E-state index in [9.17, 15) is 0 Å². The summed E-state index contributed by atoms with van der Waals surface area (Å²) >= 11 is 6.38. The second-order valence-electron chi connectivity index (χ2n) is 6.14. The largest absolute Gasteiger partial charge is 0.369 e. The highest BCUT2D eigenvalue weighted by molar-refractivity contribution is 6.34. The van der Waals surface area contributed by atoms with Gasteiger partial charge in [0, 0.05) is 19.1 Å². The number of nitrogens with zero attached hydrogens (tertiary/aromatic N) is 3. The number of para-hydroxylation sites is 1. The zero-order chi connectivity index (χ0) is 13.7. The van der Waals surface area contributed by atoms with Crippen LogP contribution in [-0.4, -0.2) is 42.1 Å². The molecular formula is C15H19ClN4. The first-order valence-electron chi connectivity index (χ1n) is 7.28. The molecule has 4 rings (SSSR count). The molecule has 1 aromatic carbocycles. The van der Waals surface area contributed by atoms with Gasteiger partial charge < -0.3 is 10.6 Å². The minimum Gasteiger partial charge on any atom is -0.369 e. The molecule has 106 valence electrons. The van der Waals surface area contributed by atoms with Crippen molar-refractivity contribution in [1.29, 1.82) is 0 Å². The van der Waals surface area contributed by atoms with E-state index < -0.39 is 0 Å². The summed E-state index contributed by atoms with van der Waals surface area (Å²) in [5, 5.41) is 0.747. The lowest BCUT2D eigenvalue weighted by molar-refractivity contribution is 0.306. The summed E-state index contributed by atoms with van der Waals surface area (Å²) in [6.45, 7) is 2.98. The molecule has 1 spiro atoms. The molecule has 2 N–H and O–H groups in total. The minimum atomic E-state index is 0.0116. The Morgan fingerprint density at radius 1 is 1.30 bits per heavy atom. The van der Waals surface area contributed by atoms with Gasteiger partial charge in [0.25, 0.3) is 0 Å². The first kappa shape index (κ1) is 12.5. The molecule has 0 radical (unpaired) electrons. The molecule has 2 aliphatic heterocycles. The first-order valence-corrected chi connectivity index (χ1v) is 7.66. The summed E-state index contributed by atoms with van der Waals surface area (Å²) in [7, 11) is 0. The van der Waals surface area contributed by atoms with Crippen molar-refractivity contribution in [3.63, 3.8) is 0 Å². The molecular weight excluding hydrogens is 272 g/mol. The second-order valence-corrected chi connectivity index (χ2v) is 6.54. The number of hydrogen-bond acceptors (Lipinski definition) is 4. The van der Waals surface area contributed by atoms with Crippen molar-refractivity contribution in [2.75, 3.05) is 24.5 Å². The average molecular weight is 291 g/mol.